The lowest BCUT2D eigenvalue weighted by atomic mass is 10.3. The van der Waals surface area contributed by atoms with Crippen LogP contribution in [0.1, 0.15) is 24.6 Å². The zero-order chi connectivity index (χ0) is 19.0. The standard InChI is InChI=1S/C20H19ClN4OS/c1-3-7-24-17-5-4-14(21)10-16(17)23-20(24)27-12-15-11-19(26)25-8-6-13(2)9-18(25)22-15/h4-6,8-11H,3,7,12H2,1-2H3. The topological polar surface area (TPSA) is 52.2 Å². The monoisotopic (exact) mass is 398 g/mol. The molecule has 4 rings (SSSR count). The Kier molecular flexibility index (Phi) is 4.93. The molecular weight excluding hydrogens is 380 g/mol. The molecule has 0 aliphatic heterocycles. The lowest BCUT2D eigenvalue weighted by Gasteiger charge is -2.08. The van der Waals surface area contributed by atoms with Gasteiger partial charge in [0.1, 0.15) is 5.65 Å². The van der Waals surface area contributed by atoms with E-state index in [-0.39, 0.29) is 5.56 Å². The van der Waals surface area contributed by atoms with Gasteiger partial charge in [0.05, 0.1) is 16.7 Å². The van der Waals surface area contributed by atoms with Crippen molar-refractivity contribution >= 4 is 40.0 Å². The third-order valence-electron chi connectivity index (χ3n) is 4.35. The molecule has 0 amide bonds. The van der Waals surface area contributed by atoms with Gasteiger partial charge >= 0.3 is 0 Å². The first kappa shape index (κ1) is 18.1. The zero-order valence-corrected chi connectivity index (χ0v) is 16.7. The maximum Gasteiger partial charge on any atom is 0.258 e. The molecule has 27 heavy (non-hydrogen) atoms. The van der Waals surface area contributed by atoms with Crippen molar-refractivity contribution in [1.82, 2.24) is 18.9 Å². The summed E-state index contributed by atoms with van der Waals surface area (Å²) in [4.78, 5) is 21.7. The van der Waals surface area contributed by atoms with Gasteiger partial charge in [0.2, 0.25) is 0 Å². The first-order chi connectivity index (χ1) is 13.0. The highest BCUT2D eigenvalue weighted by Crippen LogP contribution is 2.28. The largest absolute Gasteiger partial charge is 0.319 e. The van der Waals surface area contributed by atoms with Crippen molar-refractivity contribution in [1.29, 1.82) is 0 Å². The van der Waals surface area contributed by atoms with Crippen LogP contribution in [0.15, 0.2) is 52.5 Å². The number of aromatic nitrogens is 4. The van der Waals surface area contributed by atoms with Crippen molar-refractivity contribution in [2.24, 2.45) is 0 Å². The molecule has 0 atom stereocenters. The molecule has 0 N–H and O–H groups in total. The molecule has 3 aromatic heterocycles. The lowest BCUT2D eigenvalue weighted by Crippen LogP contribution is -2.15. The second-order valence-corrected chi connectivity index (χ2v) is 7.86. The summed E-state index contributed by atoms with van der Waals surface area (Å²) >= 11 is 7.70. The van der Waals surface area contributed by atoms with Crippen LogP contribution < -0.4 is 5.56 Å². The molecule has 1 aromatic carbocycles. The number of benzene rings is 1. The fourth-order valence-electron chi connectivity index (χ4n) is 3.10. The first-order valence-corrected chi connectivity index (χ1v) is 10.2. The molecule has 0 aliphatic rings. The first-order valence-electron chi connectivity index (χ1n) is 8.82. The average Bonchev–Trinajstić information content (AvgIpc) is 2.96. The van der Waals surface area contributed by atoms with Gasteiger partial charge in [-0.1, -0.05) is 30.3 Å². The molecule has 0 saturated carbocycles. The van der Waals surface area contributed by atoms with Crippen LogP contribution in [-0.2, 0) is 12.3 Å². The van der Waals surface area contributed by atoms with E-state index in [4.69, 9.17) is 16.6 Å². The van der Waals surface area contributed by atoms with E-state index >= 15 is 0 Å². The fourth-order valence-corrected chi connectivity index (χ4v) is 4.20. The summed E-state index contributed by atoms with van der Waals surface area (Å²) in [5.41, 5.74) is 4.40. The van der Waals surface area contributed by atoms with E-state index in [1.807, 2.05) is 37.3 Å². The highest BCUT2D eigenvalue weighted by molar-refractivity contribution is 7.98. The van der Waals surface area contributed by atoms with Crippen LogP contribution in [-0.4, -0.2) is 18.9 Å². The number of imidazole rings is 1. The number of nitrogens with zero attached hydrogens (tertiary/aromatic N) is 4. The van der Waals surface area contributed by atoms with Crippen LogP contribution >= 0.6 is 23.4 Å². The van der Waals surface area contributed by atoms with Crippen molar-refractivity contribution in [2.45, 2.75) is 37.7 Å². The van der Waals surface area contributed by atoms with Crippen molar-refractivity contribution in [3.05, 3.63) is 69.2 Å². The van der Waals surface area contributed by atoms with Gasteiger partial charge in [-0.3, -0.25) is 9.20 Å². The summed E-state index contributed by atoms with van der Waals surface area (Å²) in [5, 5.41) is 1.60. The summed E-state index contributed by atoms with van der Waals surface area (Å²) in [5.74, 6) is 0.584. The Bertz CT molecular complexity index is 1200. The number of hydrogen-bond donors (Lipinski definition) is 0. The van der Waals surface area contributed by atoms with Crippen LogP contribution in [0.4, 0.5) is 0 Å². The van der Waals surface area contributed by atoms with E-state index in [0.29, 0.717) is 16.4 Å². The lowest BCUT2D eigenvalue weighted by molar-refractivity contribution is 0.638. The molecule has 0 radical (unpaired) electrons. The average molecular weight is 399 g/mol. The molecule has 138 valence electrons. The van der Waals surface area contributed by atoms with Gasteiger partial charge in [-0.05, 0) is 49.2 Å². The Morgan fingerprint density at radius 3 is 2.81 bits per heavy atom. The number of fused-ring (bicyclic) bond motifs is 2. The predicted molar refractivity (Wildman–Crippen MR) is 111 cm³/mol. The molecule has 0 unspecified atom stereocenters. The maximum atomic E-state index is 12.3. The third kappa shape index (κ3) is 3.59. The second-order valence-electron chi connectivity index (χ2n) is 6.49. The Morgan fingerprint density at radius 1 is 1.15 bits per heavy atom. The highest BCUT2D eigenvalue weighted by atomic mass is 35.5. The van der Waals surface area contributed by atoms with Gasteiger partial charge in [0.25, 0.3) is 5.56 Å². The van der Waals surface area contributed by atoms with E-state index in [0.717, 1.165) is 40.4 Å². The van der Waals surface area contributed by atoms with Crippen molar-refractivity contribution in [3.63, 3.8) is 0 Å². The minimum atomic E-state index is -0.0653. The molecule has 5 nitrogen and oxygen atoms in total. The fraction of sp³-hybridized carbons (Fsp3) is 0.250. The van der Waals surface area contributed by atoms with Crippen molar-refractivity contribution in [2.75, 3.05) is 0 Å². The van der Waals surface area contributed by atoms with E-state index in [1.54, 1.807) is 28.4 Å². The van der Waals surface area contributed by atoms with Crippen LogP contribution in [0.3, 0.4) is 0 Å². The van der Waals surface area contributed by atoms with Gasteiger partial charge in [0, 0.05) is 29.6 Å². The molecule has 0 saturated heterocycles. The van der Waals surface area contributed by atoms with Gasteiger partial charge in [0.15, 0.2) is 5.16 Å². The Labute approximate surface area is 166 Å². The zero-order valence-electron chi connectivity index (χ0n) is 15.1. The van der Waals surface area contributed by atoms with E-state index in [1.165, 1.54) is 0 Å². The quantitative estimate of drug-likeness (QED) is 0.457. The Morgan fingerprint density at radius 2 is 2.00 bits per heavy atom. The third-order valence-corrected chi connectivity index (χ3v) is 5.59. The number of thioether (sulfide) groups is 1. The normalized spacial score (nSPS) is 11.5. The SMILES string of the molecule is CCCn1c(SCc2cc(=O)n3ccc(C)cc3n2)nc2cc(Cl)ccc21. The molecule has 0 bridgehead atoms. The van der Waals surface area contributed by atoms with Crippen LogP contribution in [0.2, 0.25) is 5.02 Å². The van der Waals surface area contributed by atoms with Crippen molar-refractivity contribution in [3.8, 4) is 0 Å². The van der Waals surface area contributed by atoms with Crippen LogP contribution in [0.25, 0.3) is 16.7 Å². The Balaban J connectivity index is 1.68. The minimum absolute atomic E-state index is 0.0653. The van der Waals surface area contributed by atoms with Gasteiger partial charge < -0.3 is 4.57 Å². The van der Waals surface area contributed by atoms with Gasteiger partial charge in [-0.25, -0.2) is 9.97 Å². The summed E-state index contributed by atoms with van der Waals surface area (Å²) in [6.07, 6.45) is 2.78. The molecule has 7 heteroatoms. The number of pyridine rings is 1. The molecule has 4 aromatic rings. The van der Waals surface area contributed by atoms with Gasteiger partial charge in [-0.15, -0.1) is 0 Å². The summed E-state index contributed by atoms with van der Waals surface area (Å²) in [6.45, 7) is 5.02. The molecule has 0 fully saturated rings. The number of aryl methyl sites for hydroxylation is 2. The summed E-state index contributed by atoms with van der Waals surface area (Å²) in [7, 11) is 0. The van der Waals surface area contributed by atoms with Crippen LogP contribution in [0.5, 0.6) is 0 Å². The minimum Gasteiger partial charge on any atom is -0.319 e. The van der Waals surface area contributed by atoms with Crippen molar-refractivity contribution < 1.29 is 0 Å². The summed E-state index contributed by atoms with van der Waals surface area (Å²) in [6, 6.07) is 11.2. The number of halogens is 1. The molecule has 0 aliphatic carbocycles. The smallest absolute Gasteiger partial charge is 0.258 e. The van der Waals surface area contributed by atoms with Gasteiger partial charge in [-0.2, -0.15) is 0 Å². The Hall–Kier alpha value is -2.31. The van der Waals surface area contributed by atoms with Crippen LogP contribution in [0, 0.1) is 6.92 Å². The second kappa shape index (κ2) is 7.37. The molecule has 0 spiro atoms. The number of rotatable bonds is 5. The van der Waals surface area contributed by atoms with E-state index in [9.17, 15) is 4.79 Å². The number of hydrogen-bond acceptors (Lipinski definition) is 4. The van der Waals surface area contributed by atoms with E-state index in [2.05, 4.69) is 16.5 Å². The molecular formula is C20H19ClN4OS. The highest BCUT2D eigenvalue weighted by Gasteiger charge is 2.12. The summed E-state index contributed by atoms with van der Waals surface area (Å²) < 4.78 is 3.77. The molecule has 3 heterocycles. The maximum absolute atomic E-state index is 12.3. The van der Waals surface area contributed by atoms with E-state index < -0.39 is 0 Å². The predicted octanol–water partition coefficient (Wildman–Crippen LogP) is 4.71.